The van der Waals surface area contributed by atoms with E-state index in [1.165, 1.54) is 17.9 Å². The Morgan fingerprint density at radius 2 is 1.78 bits per heavy atom. The van der Waals surface area contributed by atoms with Crippen molar-refractivity contribution in [3.8, 4) is 28.9 Å². The normalized spacial score (nSPS) is 11.6. The lowest BCUT2D eigenvalue weighted by Gasteiger charge is -2.21. The summed E-state index contributed by atoms with van der Waals surface area (Å²) < 4.78 is 6.69. The minimum absolute atomic E-state index is 0.0183. The van der Waals surface area contributed by atoms with Crippen molar-refractivity contribution in [3.05, 3.63) is 88.9 Å². The summed E-state index contributed by atoms with van der Waals surface area (Å²) in [4.78, 5) is 35.8. The van der Waals surface area contributed by atoms with Crippen LogP contribution in [-0.4, -0.2) is 36.6 Å². The Morgan fingerprint density at radius 1 is 1.03 bits per heavy atom. The molecule has 5 rings (SSSR count). The van der Waals surface area contributed by atoms with Crippen molar-refractivity contribution in [2.24, 2.45) is 0 Å². The summed E-state index contributed by atoms with van der Waals surface area (Å²) >= 11 is 0. The van der Waals surface area contributed by atoms with Gasteiger partial charge in [-0.3, -0.25) is 9.36 Å². The molecular formula is C26H21N9O2. The average molecular weight is 492 g/mol. The number of para-hydroxylation sites is 1. The van der Waals surface area contributed by atoms with Crippen molar-refractivity contribution in [2.45, 2.75) is 13.0 Å². The maximum Gasteiger partial charge on any atom is 0.266 e. The molecule has 37 heavy (non-hydrogen) atoms. The van der Waals surface area contributed by atoms with E-state index in [1.54, 1.807) is 30.6 Å². The lowest BCUT2D eigenvalue weighted by atomic mass is 10.1. The molecule has 0 fully saturated rings. The molecule has 3 aromatic heterocycles. The fraction of sp³-hybridized carbons (Fsp3) is 0.115. The van der Waals surface area contributed by atoms with Gasteiger partial charge in [-0.15, -0.1) is 0 Å². The van der Waals surface area contributed by atoms with Gasteiger partial charge < -0.3 is 15.8 Å². The summed E-state index contributed by atoms with van der Waals surface area (Å²) in [5, 5.41) is 13.0. The number of nitrogen functional groups attached to an aromatic ring is 1. The molecule has 3 N–H and O–H groups in total. The molecule has 11 heteroatoms. The second-order valence-corrected chi connectivity index (χ2v) is 8.06. The van der Waals surface area contributed by atoms with Crippen LogP contribution in [-0.2, 0) is 0 Å². The van der Waals surface area contributed by atoms with Gasteiger partial charge in [-0.25, -0.2) is 19.9 Å². The van der Waals surface area contributed by atoms with E-state index in [0.717, 1.165) is 0 Å². The van der Waals surface area contributed by atoms with Crippen LogP contribution < -0.4 is 21.3 Å². The molecule has 0 saturated heterocycles. The Labute approximate surface area is 211 Å². The van der Waals surface area contributed by atoms with Gasteiger partial charge >= 0.3 is 0 Å². The van der Waals surface area contributed by atoms with Crippen LogP contribution in [0.1, 0.15) is 24.4 Å². The quantitative estimate of drug-likeness (QED) is 0.361. The summed E-state index contributed by atoms with van der Waals surface area (Å²) in [6.07, 6.45) is 4.44. The van der Waals surface area contributed by atoms with E-state index in [0.29, 0.717) is 39.6 Å². The Kier molecular flexibility index (Phi) is 6.13. The molecule has 11 nitrogen and oxygen atoms in total. The number of nitrogens with zero attached hydrogens (tertiary/aromatic N) is 7. The summed E-state index contributed by atoms with van der Waals surface area (Å²) in [5.41, 5.74) is 7.31. The van der Waals surface area contributed by atoms with Crippen molar-refractivity contribution >= 4 is 22.7 Å². The Bertz CT molecular complexity index is 1690. The van der Waals surface area contributed by atoms with Crippen LogP contribution in [0.2, 0.25) is 0 Å². The van der Waals surface area contributed by atoms with Crippen molar-refractivity contribution in [1.29, 1.82) is 5.26 Å². The van der Waals surface area contributed by atoms with Crippen molar-refractivity contribution in [1.82, 2.24) is 29.5 Å². The van der Waals surface area contributed by atoms with Gasteiger partial charge in [0.05, 0.1) is 48.3 Å². The van der Waals surface area contributed by atoms with E-state index in [9.17, 15) is 10.1 Å². The lowest BCUT2D eigenvalue weighted by Crippen LogP contribution is -2.28. The number of hydrogen-bond donors (Lipinski definition) is 2. The first-order chi connectivity index (χ1) is 18.0. The second-order valence-electron chi connectivity index (χ2n) is 8.06. The highest BCUT2D eigenvalue weighted by Crippen LogP contribution is 2.27. The van der Waals surface area contributed by atoms with Gasteiger partial charge in [0.2, 0.25) is 5.95 Å². The maximum atomic E-state index is 14.1. The molecule has 2 aromatic carbocycles. The fourth-order valence-electron chi connectivity index (χ4n) is 3.97. The molecule has 182 valence electrons. The van der Waals surface area contributed by atoms with E-state index < -0.39 is 6.04 Å². The monoisotopic (exact) mass is 491 g/mol. The maximum absolute atomic E-state index is 14.1. The number of hydrogen-bond acceptors (Lipinski definition) is 10. The minimum Gasteiger partial charge on any atom is -0.494 e. The van der Waals surface area contributed by atoms with Crippen LogP contribution in [0.4, 0.5) is 11.8 Å². The van der Waals surface area contributed by atoms with Crippen LogP contribution in [0.5, 0.6) is 5.75 Å². The molecule has 0 aliphatic carbocycles. The number of nitrogens with one attached hydrogen (secondary N) is 1. The molecule has 1 unspecified atom stereocenters. The minimum atomic E-state index is -0.542. The smallest absolute Gasteiger partial charge is 0.266 e. The number of rotatable bonds is 6. The van der Waals surface area contributed by atoms with Gasteiger partial charge in [-0.2, -0.15) is 10.2 Å². The van der Waals surface area contributed by atoms with Gasteiger partial charge in [-0.1, -0.05) is 30.3 Å². The molecule has 1 atom stereocenters. The molecular weight excluding hydrogens is 470 g/mol. The van der Waals surface area contributed by atoms with Gasteiger partial charge in [0.1, 0.15) is 23.3 Å². The molecule has 3 heterocycles. The standard InChI is InChI=1S/C26H21N9O2/c1-15(32-22-16(11-27)12-31-26(28)34-22)24-33-20-10-6-9-19(23-29-13-18(37-2)14-30-23)21(20)25(36)35(24)17-7-4-3-5-8-17/h3-10,12-15H,1-2H3,(H3,28,31,32,34). The van der Waals surface area contributed by atoms with Crippen LogP contribution >= 0.6 is 0 Å². The third kappa shape index (κ3) is 4.39. The predicted octanol–water partition coefficient (Wildman–Crippen LogP) is 3.27. The van der Waals surface area contributed by atoms with Crippen LogP contribution in [0, 0.1) is 11.3 Å². The van der Waals surface area contributed by atoms with Gasteiger partial charge in [0.25, 0.3) is 5.56 Å². The third-order valence-corrected chi connectivity index (χ3v) is 5.71. The van der Waals surface area contributed by atoms with Crippen molar-refractivity contribution in [2.75, 3.05) is 18.2 Å². The summed E-state index contributed by atoms with van der Waals surface area (Å²) in [5.74, 6) is 1.56. The highest BCUT2D eigenvalue weighted by Gasteiger charge is 2.22. The van der Waals surface area contributed by atoms with E-state index >= 15 is 0 Å². The van der Waals surface area contributed by atoms with Gasteiger partial charge in [0.15, 0.2) is 11.6 Å². The largest absolute Gasteiger partial charge is 0.494 e. The summed E-state index contributed by atoms with van der Waals surface area (Å²) in [6.45, 7) is 1.82. The Morgan fingerprint density at radius 3 is 2.49 bits per heavy atom. The molecule has 0 saturated carbocycles. The zero-order chi connectivity index (χ0) is 25.9. The van der Waals surface area contributed by atoms with E-state index in [-0.39, 0.29) is 22.9 Å². The third-order valence-electron chi connectivity index (χ3n) is 5.71. The van der Waals surface area contributed by atoms with Crippen LogP contribution in [0.15, 0.2) is 71.9 Å². The molecule has 0 aliphatic heterocycles. The topological polar surface area (TPSA) is 158 Å². The number of anilines is 2. The van der Waals surface area contributed by atoms with E-state index in [2.05, 4.69) is 25.3 Å². The first-order valence-corrected chi connectivity index (χ1v) is 11.3. The van der Waals surface area contributed by atoms with E-state index in [4.69, 9.17) is 15.5 Å². The van der Waals surface area contributed by atoms with Crippen LogP contribution in [0.3, 0.4) is 0 Å². The second kappa shape index (κ2) is 9.71. The van der Waals surface area contributed by atoms with Gasteiger partial charge in [-0.05, 0) is 25.1 Å². The highest BCUT2D eigenvalue weighted by atomic mass is 16.5. The summed E-state index contributed by atoms with van der Waals surface area (Å²) in [7, 11) is 1.53. The number of aromatic nitrogens is 6. The highest BCUT2D eigenvalue weighted by molar-refractivity contribution is 5.92. The zero-order valence-corrected chi connectivity index (χ0v) is 20.0. The lowest BCUT2D eigenvalue weighted by molar-refractivity contribution is 0.411. The Balaban J connectivity index is 1.73. The number of ether oxygens (including phenoxy) is 1. The predicted molar refractivity (Wildman–Crippen MR) is 138 cm³/mol. The number of fused-ring (bicyclic) bond motifs is 1. The molecule has 0 amide bonds. The first-order valence-electron chi connectivity index (χ1n) is 11.3. The Hall–Kier alpha value is -5.37. The molecule has 5 aromatic rings. The van der Waals surface area contributed by atoms with Crippen molar-refractivity contribution < 1.29 is 4.74 Å². The number of benzene rings is 2. The van der Waals surface area contributed by atoms with Crippen LogP contribution in [0.25, 0.3) is 28.0 Å². The number of nitriles is 1. The summed E-state index contributed by atoms with van der Waals surface area (Å²) in [6, 6.07) is 16.0. The van der Waals surface area contributed by atoms with Crippen molar-refractivity contribution in [3.63, 3.8) is 0 Å². The van der Waals surface area contributed by atoms with Gasteiger partial charge in [0, 0.05) is 5.56 Å². The molecule has 0 spiro atoms. The zero-order valence-electron chi connectivity index (χ0n) is 20.0. The van der Waals surface area contributed by atoms with E-state index in [1.807, 2.05) is 43.3 Å². The fourth-order valence-corrected chi connectivity index (χ4v) is 3.97. The molecule has 0 radical (unpaired) electrons. The number of nitrogens with two attached hydrogens (primary N) is 1. The SMILES string of the molecule is COc1cnc(-c2cccc3nc(C(C)Nc4nc(N)ncc4C#N)n(-c4ccccc4)c(=O)c23)nc1. The molecule has 0 aliphatic rings. The first kappa shape index (κ1) is 23.4. The molecule has 0 bridgehead atoms. The number of methoxy groups -OCH3 is 1. The average Bonchev–Trinajstić information content (AvgIpc) is 2.93.